The van der Waals surface area contributed by atoms with Gasteiger partial charge in [-0.1, -0.05) is 18.6 Å². The van der Waals surface area contributed by atoms with Crippen molar-refractivity contribution < 1.29 is 0 Å². The number of hydrogen-bond acceptors (Lipinski definition) is 2. The minimum atomic E-state index is 0.279. The van der Waals surface area contributed by atoms with E-state index in [0.29, 0.717) is 0 Å². The van der Waals surface area contributed by atoms with Crippen molar-refractivity contribution in [2.75, 3.05) is 0 Å². The maximum atomic E-state index is 6.53. The van der Waals surface area contributed by atoms with Gasteiger partial charge >= 0.3 is 0 Å². The molecule has 4 atom stereocenters. The first-order valence-electron chi connectivity index (χ1n) is 7.88. The number of fused-ring (bicyclic) bond motifs is 3. The van der Waals surface area contributed by atoms with Crippen LogP contribution >= 0.6 is 0 Å². The van der Waals surface area contributed by atoms with Crippen molar-refractivity contribution in [2.24, 2.45) is 30.5 Å². The van der Waals surface area contributed by atoms with Gasteiger partial charge in [-0.3, -0.25) is 0 Å². The Morgan fingerprint density at radius 3 is 2.85 bits per heavy atom. The predicted molar refractivity (Wildman–Crippen MR) is 81.3 cm³/mol. The lowest BCUT2D eigenvalue weighted by molar-refractivity contribution is 0.277. The molecule has 2 aliphatic carbocycles. The summed E-state index contributed by atoms with van der Waals surface area (Å²) in [5, 5.41) is 0. The van der Waals surface area contributed by atoms with E-state index in [1.807, 2.05) is 0 Å². The lowest BCUT2D eigenvalue weighted by Gasteiger charge is -2.27. The van der Waals surface area contributed by atoms with E-state index in [0.717, 1.165) is 35.5 Å². The third kappa shape index (κ3) is 1.87. The van der Waals surface area contributed by atoms with Crippen LogP contribution in [0.2, 0.25) is 0 Å². The van der Waals surface area contributed by atoms with Gasteiger partial charge in [0.2, 0.25) is 0 Å². The van der Waals surface area contributed by atoms with Gasteiger partial charge in [0.05, 0.1) is 11.0 Å². The fourth-order valence-corrected chi connectivity index (χ4v) is 4.56. The maximum Gasteiger partial charge on any atom is 0.111 e. The fourth-order valence-electron chi connectivity index (χ4n) is 4.56. The third-order valence-electron chi connectivity index (χ3n) is 5.64. The van der Waals surface area contributed by atoms with Crippen LogP contribution in [0.5, 0.6) is 0 Å². The molecule has 0 saturated heterocycles. The number of nitrogens with zero attached hydrogens (tertiary/aromatic N) is 2. The van der Waals surface area contributed by atoms with Crippen molar-refractivity contribution in [3.8, 4) is 0 Å². The lowest BCUT2D eigenvalue weighted by Crippen LogP contribution is -2.36. The fraction of sp³-hybridized carbons (Fsp3) is 0.588. The van der Waals surface area contributed by atoms with Crippen LogP contribution in [-0.4, -0.2) is 15.6 Å². The number of imidazole rings is 1. The average Bonchev–Trinajstić information content (AvgIpc) is 3.15. The molecule has 3 nitrogen and oxygen atoms in total. The van der Waals surface area contributed by atoms with Crippen LogP contribution in [-0.2, 0) is 13.5 Å². The van der Waals surface area contributed by atoms with Gasteiger partial charge < -0.3 is 10.3 Å². The van der Waals surface area contributed by atoms with Crippen LogP contribution in [0, 0.1) is 17.8 Å². The average molecular weight is 269 g/mol. The highest BCUT2D eigenvalue weighted by Crippen LogP contribution is 2.49. The van der Waals surface area contributed by atoms with Crippen LogP contribution in [0.4, 0.5) is 0 Å². The number of aromatic nitrogens is 2. The maximum absolute atomic E-state index is 6.53. The van der Waals surface area contributed by atoms with E-state index in [9.17, 15) is 0 Å². The number of para-hydroxylation sites is 2. The molecular weight excluding hydrogens is 246 g/mol. The van der Waals surface area contributed by atoms with Gasteiger partial charge in [0, 0.05) is 19.5 Å². The second-order valence-electron chi connectivity index (χ2n) is 6.78. The van der Waals surface area contributed by atoms with Gasteiger partial charge in [0.1, 0.15) is 5.82 Å². The van der Waals surface area contributed by atoms with Crippen LogP contribution in [0.15, 0.2) is 24.3 Å². The molecule has 3 heteroatoms. The zero-order chi connectivity index (χ0) is 13.7. The third-order valence-corrected chi connectivity index (χ3v) is 5.64. The largest absolute Gasteiger partial charge is 0.331 e. The summed E-state index contributed by atoms with van der Waals surface area (Å²) in [6.45, 7) is 0. The molecule has 0 amide bonds. The lowest BCUT2D eigenvalue weighted by atomic mass is 9.82. The predicted octanol–water partition coefficient (Wildman–Crippen LogP) is 2.88. The standard InChI is InChI=1S/C17H23N3/c1-20-16-5-3-2-4-15(16)19-17(20)10-14(18)13-9-11-6-7-12(13)8-11/h2-5,11-14H,6-10,18H2,1H3. The van der Waals surface area contributed by atoms with Crippen molar-refractivity contribution in [3.05, 3.63) is 30.1 Å². The van der Waals surface area contributed by atoms with E-state index >= 15 is 0 Å². The first-order chi connectivity index (χ1) is 9.72. The van der Waals surface area contributed by atoms with Gasteiger partial charge in [0.15, 0.2) is 0 Å². The number of rotatable bonds is 3. The summed E-state index contributed by atoms with van der Waals surface area (Å²) in [6, 6.07) is 8.62. The highest BCUT2D eigenvalue weighted by molar-refractivity contribution is 5.75. The molecule has 0 spiro atoms. The zero-order valence-corrected chi connectivity index (χ0v) is 12.1. The molecule has 4 rings (SSSR count). The summed E-state index contributed by atoms with van der Waals surface area (Å²) < 4.78 is 2.21. The molecule has 1 aromatic heterocycles. The summed E-state index contributed by atoms with van der Waals surface area (Å²) in [5.41, 5.74) is 8.83. The van der Waals surface area contributed by atoms with Gasteiger partial charge in [-0.15, -0.1) is 0 Å². The summed E-state index contributed by atoms with van der Waals surface area (Å²) in [7, 11) is 2.11. The quantitative estimate of drug-likeness (QED) is 0.931. The van der Waals surface area contributed by atoms with Crippen molar-refractivity contribution in [2.45, 2.75) is 38.1 Å². The zero-order valence-electron chi connectivity index (χ0n) is 12.1. The second-order valence-corrected chi connectivity index (χ2v) is 6.78. The molecule has 4 unspecified atom stereocenters. The Balaban J connectivity index is 1.56. The number of aryl methyl sites for hydroxylation is 1. The first kappa shape index (κ1) is 12.4. The minimum absolute atomic E-state index is 0.279. The van der Waals surface area contributed by atoms with Crippen molar-refractivity contribution in [1.29, 1.82) is 0 Å². The normalized spacial score (nSPS) is 30.2. The number of nitrogens with two attached hydrogens (primary N) is 1. The van der Waals surface area contributed by atoms with Gasteiger partial charge in [-0.05, 0) is 49.1 Å². The summed E-state index contributed by atoms with van der Waals surface area (Å²) in [5.74, 6) is 3.73. The molecule has 0 aliphatic heterocycles. The van der Waals surface area contributed by atoms with E-state index < -0.39 is 0 Å². The molecule has 106 valence electrons. The molecule has 2 fully saturated rings. The van der Waals surface area contributed by atoms with Crippen LogP contribution in [0.25, 0.3) is 11.0 Å². The molecule has 1 heterocycles. The van der Waals surface area contributed by atoms with E-state index in [4.69, 9.17) is 10.7 Å². The molecule has 2 aliphatic rings. The van der Waals surface area contributed by atoms with Gasteiger partial charge in [-0.25, -0.2) is 4.98 Å². The van der Waals surface area contributed by atoms with Gasteiger partial charge in [-0.2, -0.15) is 0 Å². The van der Waals surface area contributed by atoms with E-state index in [2.05, 4.69) is 35.9 Å². The van der Waals surface area contributed by atoms with Crippen molar-refractivity contribution in [3.63, 3.8) is 0 Å². The van der Waals surface area contributed by atoms with Crippen LogP contribution in [0.3, 0.4) is 0 Å². The SMILES string of the molecule is Cn1c(CC(N)C2CC3CCC2C3)nc2ccccc21. The molecule has 2 bridgehead atoms. The highest BCUT2D eigenvalue weighted by Gasteiger charge is 2.42. The second kappa shape index (κ2) is 4.59. The van der Waals surface area contributed by atoms with E-state index in [1.165, 1.54) is 31.2 Å². The molecule has 0 radical (unpaired) electrons. The monoisotopic (exact) mass is 269 g/mol. The highest BCUT2D eigenvalue weighted by atomic mass is 15.1. The Labute approximate surface area is 120 Å². The van der Waals surface area contributed by atoms with E-state index in [1.54, 1.807) is 0 Å². The smallest absolute Gasteiger partial charge is 0.111 e. The molecular formula is C17H23N3. The molecule has 2 N–H and O–H groups in total. The summed E-state index contributed by atoms with van der Waals surface area (Å²) in [6.07, 6.45) is 6.56. The van der Waals surface area contributed by atoms with Crippen LogP contribution in [0.1, 0.15) is 31.5 Å². The van der Waals surface area contributed by atoms with Crippen molar-refractivity contribution >= 4 is 11.0 Å². The number of hydrogen-bond donors (Lipinski definition) is 1. The van der Waals surface area contributed by atoms with Gasteiger partial charge in [0.25, 0.3) is 0 Å². The van der Waals surface area contributed by atoms with Crippen molar-refractivity contribution in [1.82, 2.24) is 9.55 Å². The Hall–Kier alpha value is -1.35. The molecule has 20 heavy (non-hydrogen) atoms. The summed E-state index contributed by atoms with van der Waals surface area (Å²) in [4.78, 5) is 4.77. The first-order valence-corrected chi connectivity index (χ1v) is 7.88. The topological polar surface area (TPSA) is 43.8 Å². The Kier molecular flexibility index (Phi) is 2.84. The Bertz CT molecular complexity index is 630. The molecule has 1 aromatic carbocycles. The van der Waals surface area contributed by atoms with Crippen LogP contribution < -0.4 is 5.73 Å². The Morgan fingerprint density at radius 2 is 2.15 bits per heavy atom. The Morgan fingerprint density at radius 1 is 1.30 bits per heavy atom. The minimum Gasteiger partial charge on any atom is -0.331 e. The summed E-state index contributed by atoms with van der Waals surface area (Å²) >= 11 is 0. The molecule has 2 aromatic rings. The van der Waals surface area contributed by atoms with E-state index in [-0.39, 0.29) is 6.04 Å². The number of benzene rings is 1. The molecule has 2 saturated carbocycles.